The van der Waals surface area contributed by atoms with Gasteiger partial charge in [0.25, 0.3) is 5.91 Å². The Hall–Kier alpha value is -3.87. The molecule has 0 atom stereocenters. The number of hydrazone groups is 1. The first-order chi connectivity index (χ1) is 15.6. The van der Waals surface area contributed by atoms with Crippen LogP contribution in [0.1, 0.15) is 33.5 Å². The van der Waals surface area contributed by atoms with E-state index < -0.39 is 0 Å². The molecule has 7 heteroatoms. The summed E-state index contributed by atoms with van der Waals surface area (Å²) in [6.45, 7) is 5.11. The van der Waals surface area contributed by atoms with Gasteiger partial charge in [0.2, 0.25) is 0 Å². The lowest BCUT2D eigenvalue weighted by Gasteiger charge is -2.13. The standard InChI is InChI=1S/C25H27N3O4/c1-18-8-9-22(16-19(18)2)31-14-5-15-32-24-21(6-4-7-23(24)30-3)17-27-28-25(29)20-10-12-26-13-11-20/h4,6-13,16-17H,5,14-15H2,1-3H3,(H,28,29)/b27-17+. The van der Waals surface area contributed by atoms with Gasteiger partial charge in [-0.1, -0.05) is 12.1 Å². The fraction of sp³-hybridized carbons (Fsp3) is 0.240. The molecule has 0 saturated heterocycles. The number of rotatable bonds is 10. The monoisotopic (exact) mass is 433 g/mol. The topological polar surface area (TPSA) is 82.0 Å². The Kier molecular flexibility index (Phi) is 8.20. The van der Waals surface area contributed by atoms with E-state index in [4.69, 9.17) is 14.2 Å². The molecule has 0 saturated carbocycles. The van der Waals surface area contributed by atoms with Crippen LogP contribution >= 0.6 is 0 Å². The van der Waals surface area contributed by atoms with Crippen molar-refractivity contribution < 1.29 is 19.0 Å². The van der Waals surface area contributed by atoms with Crippen LogP contribution in [0.5, 0.6) is 17.2 Å². The lowest BCUT2D eigenvalue weighted by atomic mass is 10.1. The van der Waals surface area contributed by atoms with E-state index >= 15 is 0 Å². The highest BCUT2D eigenvalue weighted by Gasteiger charge is 2.10. The fourth-order valence-electron chi connectivity index (χ4n) is 2.90. The Morgan fingerprint density at radius 3 is 2.56 bits per heavy atom. The zero-order valence-electron chi connectivity index (χ0n) is 18.5. The predicted molar refractivity (Wildman–Crippen MR) is 124 cm³/mol. The molecule has 0 unspecified atom stereocenters. The minimum Gasteiger partial charge on any atom is -0.493 e. The molecule has 7 nitrogen and oxygen atoms in total. The minimum atomic E-state index is -0.322. The van der Waals surface area contributed by atoms with Crippen LogP contribution in [0.25, 0.3) is 0 Å². The number of benzene rings is 2. The van der Waals surface area contributed by atoms with Gasteiger partial charge in [-0.25, -0.2) is 5.43 Å². The van der Waals surface area contributed by atoms with E-state index in [1.165, 1.54) is 17.3 Å². The zero-order valence-corrected chi connectivity index (χ0v) is 18.5. The molecule has 0 aliphatic rings. The van der Waals surface area contributed by atoms with Gasteiger partial charge in [-0.2, -0.15) is 5.10 Å². The number of hydrogen-bond donors (Lipinski definition) is 1. The number of ether oxygens (including phenoxy) is 3. The van der Waals surface area contributed by atoms with Crippen molar-refractivity contribution in [3.8, 4) is 17.2 Å². The van der Waals surface area contributed by atoms with Crippen LogP contribution in [0.4, 0.5) is 0 Å². The van der Waals surface area contributed by atoms with Gasteiger partial charge >= 0.3 is 0 Å². The number of para-hydroxylation sites is 1. The molecule has 0 fully saturated rings. The average Bonchev–Trinajstić information content (AvgIpc) is 2.82. The first-order valence-corrected chi connectivity index (χ1v) is 10.3. The number of nitrogens with one attached hydrogen (secondary N) is 1. The van der Waals surface area contributed by atoms with E-state index in [0.717, 1.165) is 5.75 Å². The average molecular weight is 434 g/mol. The van der Waals surface area contributed by atoms with Gasteiger partial charge in [-0.3, -0.25) is 9.78 Å². The van der Waals surface area contributed by atoms with Gasteiger partial charge < -0.3 is 14.2 Å². The second kappa shape index (κ2) is 11.5. The van der Waals surface area contributed by atoms with Gasteiger partial charge in [-0.05, 0) is 61.4 Å². The molecule has 32 heavy (non-hydrogen) atoms. The molecule has 1 amide bonds. The third-order valence-corrected chi connectivity index (χ3v) is 4.82. The molecule has 0 aliphatic carbocycles. The van der Waals surface area contributed by atoms with E-state index in [0.29, 0.717) is 42.3 Å². The van der Waals surface area contributed by atoms with Gasteiger partial charge in [0.05, 0.1) is 26.5 Å². The third-order valence-electron chi connectivity index (χ3n) is 4.82. The minimum absolute atomic E-state index is 0.322. The normalized spacial score (nSPS) is 10.7. The molecule has 3 aromatic rings. The summed E-state index contributed by atoms with van der Waals surface area (Å²) in [6.07, 6.45) is 5.33. The van der Waals surface area contributed by atoms with E-state index in [1.54, 1.807) is 31.6 Å². The van der Waals surface area contributed by atoms with Crippen molar-refractivity contribution in [3.05, 3.63) is 83.2 Å². The first-order valence-electron chi connectivity index (χ1n) is 10.3. The van der Waals surface area contributed by atoms with Crippen molar-refractivity contribution >= 4 is 12.1 Å². The van der Waals surface area contributed by atoms with Gasteiger partial charge in [0, 0.05) is 29.9 Å². The highest BCUT2D eigenvalue weighted by atomic mass is 16.5. The summed E-state index contributed by atoms with van der Waals surface area (Å²) >= 11 is 0. The molecule has 166 valence electrons. The summed E-state index contributed by atoms with van der Waals surface area (Å²) in [5, 5.41) is 4.05. The lowest BCUT2D eigenvalue weighted by Crippen LogP contribution is -2.17. The molecule has 1 N–H and O–H groups in total. The van der Waals surface area contributed by atoms with Crippen molar-refractivity contribution in [2.24, 2.45) is 5.10 Å². The smallest absolute Gasteiger partial charge is 0.271 e. The quantitative estimate of drug-likeness (QED) is 0.293. The van der Waals surface area contributed by atoms with Crippen molar-refractivity contribution in [3.63, 3.8) is 0 Å². The molecule has 0 aliphatic heterocycles. The molecular weight excluding hydrogens is 406 g/mol. The summed E-state index contributed by atoms with van der Waals surface area (Å²) in [6, 6.07) is 14.8. The number of nitrogens with zero attached hydrogens (tertiary/aromatic N) is 2. The van der Waals surface area contributed by atoms with E-state index in [2.05, 4.69) is 35.4 Å². The number of amides is 1. The van der Waals surface area contributed by atoms with Crippen LogP contribution in [0, 0.1) is 13.8 Å². The van der Waals surface area contributed by atoms with Crippen LogP contribution in [0.2, 0.25) is 0 Å². The largest absolute Gasteiger partial charge is 0.493 e. The maximum atomic E-state index is 12.1. The first kappa shape index (κ1) is 22.8. The Morgan fingerprint density at radius 2 is 1.81 bits per heavy atom. The molecular formula is C25H27N3O4. The molecule has 1 aromatic heterocycles. The van der Waals surface area contributed by atoms with Crippen molar-refractivity contribution in [2.75, 3.05) is 20.3 Å². The van der Waals surface area contributed by atoms with Gasteiger partial charge in [0.15, 0.2) is 11.5 Å². The Balaban J connectivity index is 1.56. The second-order valence-corrected chi connectivity index (χ2v) is 7.11. The van der Waals surface area contributed by atoms with Crippen LogP contribution in [-0.2, 0) is 0 Å². The number of pyridine rings is 1. The number of carbonyl (C=O) groups is 1. The van der Waals surface area contributed by atoms with Crippen molar-refractivity contribution in [2.45, 2.75) is 20.3 Å². The zero-order chi connectivity index (χ0) is 22.8. The lowest BCUT2D eigenvalue weighted by molar-refractivity contribution is 0.0955. The van der Waals surface area contributed by atoms with Crippen LogP contribution in [-0.4, -0.2) is 37.4 Å². The Bertz CT molecular complexity index is 1070. The van der Waals surface area contributed by atoms with Crippen LogP contribution < -0.4 is 19.6 Å². The summed E-state index contributed by atoms with van der Waals surface area (Å²) < 4.78 is 17.2. The second-order valence-electron chi connectivity index (χ2n) is 7.11. The Morgan fingerprint density at radius 1 is 1.03 bits per heavy atom. The molecule has 0 spiro atoms. The highest BCUT2D eigenvalue weighted by molar-refractivity contribution is 5.95. The maximum absolute atomic E-state index is 12.1. The molecule has 3 rings (SSSR count). The van der Waals surface area contributed by atoms with Crippen molar-refractivity contribution in [1.29, 1.82) is 0 Å². The summed E-state index contributed by atoms with van der Waals surface area (Å²) in [7, 11) is 1.58. The third kappa shape index (κ3) is 6.31. The van der Waals surface area contributed by atoms with E-state index in [-0.39, 0.29) is 5.91 Å². The summed E-state index contributed by atoms with van der Waals surface area (Å²) in [5.74, 6) is 1.67. The Labute approximate surface area is 188 Å². The fourth-order valence-corrected chi connectivity index (χ4v) is 2.90. The van der Waals surface area contributed by atoms with Crippen LogP contribution in [0.15, 0.2) is 66.0 Å². The van der Waals surface area contributed by atoms with Crippen molar-refractivity contribution in [1.82, 2.24) is 10.4 Å². The number of carbonyl (C=O) groups excluding carboxylic acids is 1. The predicted octanol–water partition coefficient (Wildman–Crippen LogP) is 4.32. The van der Waals surface area contributed by atoms with E-state index in [1.807, 2.05) is 30.3 Å². The maximum Gasteiger partial charge on any atom is 0.271 e. The molecule has 0 radical (unpaired) electrons. The van der Waals surface area contributed by atoms with Gasteiger partial charge in [-0.15, -0.1) is 0 Å². The number of aromatic nitrogens is 1. The van der Waals surface area contributed by atoms with E-state index in [9.17, 15) is 4.79 Å². The number of methoxy groups -OCH3 is 1. The molecule has 0 bridgehead atoms. The van der Waals surface area contributed by atoms with Crippen LogP contribution in [0.3, 0.4) is 0 Å². The highest BCUT2D eigenvalue weighted by Crippen LogP contribution is 2.30. The summed E-state index contributed by atoms with van der Waals surface area (Å²) in [5.41, 5.74) is 6.11. The molecule has 1 heterocycles. The SMILES string of the molecule is COc1cccc(/C=N/NC(=O)c2ccncc2)c1OCCCOc1ccc(C)c(C)c1. The number of hydrogen-bond acceptors (Lipinski definition) is 6. The summed E-state index contributed by atoms with van der Waals surface area (Å²) in [4.78, 5) is 16.0. The van der Waals surface area contributed by atoms with Gasteiger partial charge in [0.1, 0.15) is 5.75 Å². The molecule has 2 aromatic carbocycles. The number of aryl methyl sites for hydroxylation is 2.